The summed E-state index contributed by atoms with van der Waals surface area (Å²) in [7, 11) is 0. The molecule has 1 fully saturated rings. The molecule has 1 saturated heterocycles. The zero-order valence-electron chi connectivity index (χ0n) is 6.72. The molecule has 1 aliphatic rings. The van der Waals surface area contributed by atoms with Crippen molar-refractivity contribution in [3.05, 3.63) is 12.2 Å². The van der Waals surface area contributed by atoms with Crippen LogP contribution >= 0.6 is 0 Å². The van der Waals surface area contributed by atoms with E-state index < -0.39 is 0 Å². The Bertz CT molecular complexity index is 173. The van der Waals surface area contributed by atoms with E-state index in [0.717, 1.165) is 6.61 Å². The van der Waals surface area contributed by atoms with Crippen LogP contribution in [0.3, 0.4) is 0 Å². The normalized spacial score (nSPS) is 21.0. The zero-order valence-corrected chi connectivity index (χ0v) is 6.72. The summed E-state index contributed by atoms with van der Waals surface area (Å²) in [6.45, 7) is 6.93. The largest absolute Gasteiger partial charge is 0.371 e. The number of carbonyl (C=O) groups excluding carboxylic acids is 1. The van der Waals surface area contributed by atoms with E-state index in [1.54, 1.807) is 0 Å². The molecule has 3 nitrogen and oxygen atoms in total. The number of carbonyl (C=O) groups is 1. The Kier molecular flexibility index (Phi) is 2.65. The summed E-state index contributed by atoms with van der Waals surface area (Å²) in [5, 5.41) is 2.73. The number of ether oxygens (including phenoxy) is 1. The molecule has 3 heteroatoms. The molecule has 1 aliphatic heterocycles. The van der Waals surface area contributed by atoms with Crippen LogP contribution in [0.2, 0.25) is 0 Å². The Morgan fingerprint density at radius 1 is 1.82 bits per heavy atom. The van der Waals surface area contributed by atoms with Gasteiger partial charge in [-0.3, -0.25) is 4.79 Å². The van der Waals surface area contributed by atoms with Crippen molar-refractivity contribution in [2.75, 3.05) is 13.2 Å². The van der Waals surface area contributed by atoms with Crippen molar-refractivity contribution in [3.8, 4) is 0 Å². The third-order valence-electron chi connectivity index (χ3n) is 1.64. The summed E-state index contributed by atoms with van der Waals surface area (Å²) in [6, 6.07) is 0. The molecule has 0 aromatic heterocycles. The summed E-state index contributed by atoms with van der Waals surface area (Å²) in [5.74, 6) is -0.0528. The molecule has 0 aromatic rings. The van der Waals surface area contributed by atoms with Gasteiger partial charge in [0.25, 0.3) is 0 Å². The molecule has 1 unspecified atom stereocenters. The summed E-state index contributed by atoms with van der Waals surface area (Å²) in [5.41, 5.74) is 0.630. The van der Waals surface area contributed by atoms with Crippen molar-refractivity contribution in [1.29, 1.82) is 0 Å². The van der Waals surface area contributed by atoms with Gasteiger partial charge in [0, 0.05) is 12.1 Å². The van der Waals surface area contributed by atoms with Crippen molar-refractivity contribution in [2.45, 2.75) is 19.4 Å². The molecular weight excluding hydrogens is 142 g/mol. The van der Waals surface area contributed by atoms with Crippen LogP contribution in [0, 0.1) is 0 Å². The number of amides is 1. The highest BCUT2D eigenvalue weighted by molar-refractivity contribution is 5.92. The molecule has 0 saturated carbocycles. The molecule has 1 N–H and O–H groups in total. The molecular formula is C8H13NO2. The first-order valence-corrected chi connectivity index (χ1v) is 3.81. The van der Waals surface area contributed by atoms with Crippen LogP contribution < -0.4 is 5.32 Å². The Hall–Kier alpha value is -0.830. The minimum absolute atomic E-state index is 0.0528. The highest BCUT2D eigenvalue weighted by atomic mass is 16.6. The van der Waals surface area contributed by atoms with E-state index in [4.69, 9.17) is 4.74 Å². The maximum absolute atomic E-state index is 11.0. The lowest BCUT2D eigenvalue weighted by Gasteiger charge is -2.02. The van der Waals surface area contributed by atoms with Gasteiger partial charge < -0.3 is 10.1 Å². The van der Waals surface area contributed by atoms with E-state index in [9.17, 15) is 4.79 Å². The molecule has 1 amide bonds. The smallest absolute Gasteiger partial charge is 0.246 e. The maximum atomic E-state index is 11.0. The van der Waals surface area contributed by atoms with Crippen LogP contribution in [0.1, 0.15) is 13.3 Å². The third-order valence-corrected chi connectivity index (χ3v) is 1.64. The van der Waals surface area contributed by atoms with Gasteiger partial charge in [0.2, 0.25) is 5.91 Å². The van der Waals surface area contributed by atoms with Crippen LogP contribution in [0.15, 0.2) is 12.2 Å². The van der Waals surface area contributed by atoms with E-state index in [-0.39, 0.29) is 12.0 Å². The molecule has 1 atom stereocenters. The molecule has 0 spiro atoms. The van der Waals surface area contributed by atoms with E-state index in [1.807, 2.05) is 6.92 Å². The fourth-order valence-electron chi connectivity index (χ4n) is 0.678. The Morgan fingerprint density at radius 2 is 2.45 bits per heavy atom. The van der Waals surface area contributed by atoms with E-state index in [1.165, 1.54) is 0 Å². The first-order valence-electron chi connectivity index (χ1n) is 3.81. The van der Waals surface area contributed by atoms with Crippen molar-refractivity contribution in [2.24, 2.45) is 0 Å². The van der Waals surface area contributed by atoms with Crippen LogP contribution in [-0.2, 0) is 9.53 Å². The molecule has 11 heavy (non-hydrogen) atoms. The van der Waals surface area contributed by atoms with Crippen LogP contribution in [-0.4, -0.2) is 25.2 Å². The summed E-state index contributed by atoms with van der Waals surface area (Å²) >= 11 is 0. The average Bonchev–Trinajstić information content (AvgIpc) is 2.81. The predicted molar refractivity (Wildman–Crippen MR) is 42.2 cm³/mol. The summed E-state index contributed by atoms with van der Waals surface area (Å²) < 4.78 is 4.93. The summed E-state index contributed by atoms with van der Waals surface area (Å²) in [6.07, 6.45) is 0.959. The number of hydrogen-bond donors (Lipinski definition) is 1. The van der Waals surface area contributed by atoms with Gasteiger partial charge in [-0.2, -0.15) is 0 Å². The standard InChI is InChI=1S/C8H13NO2/c1-3-6(2)8(10)9-4-7-5-11-7/h7H,2-5H2,1H3,(H,9,10). The first kappa shape index (κ1) is 8.27. The van der Waals surface area contributed by atoms with Gasteiger partial charge in [0.1, 0.15) is 0 Å². The number of rotatable bonds is 4. The predicted octanol–water partition coefficient (Wildman–Crippen LogP) is 0.468. The molecule has 0 radical (unpaired) electrons. The maximum Gasteiger partial charge on any atom is 0.246 e. The van der Waals surface area contributed by atoms with Gasteiger partial charge in [-0.15, -0.1) is 0 Å². The Balaban J connectivity index is 2.13. The van der Waals surface area contributed by atoms with Crippen LogP contribution in [0.25, 0.3) is 0 Å². The molecule has 0 aliphatic carbocycles. The summed E-state index contributed by atoms with van der Waals surface area (Å²) in [4.78, 5) is 11.0. The molecule has 0 aromatic carbocycles. The molecule has 1 heterocycles. The topological polar surface area (TPSA) is 41.6 Å². The van der Waals surface area contributed by atoms with Gasteiger partial charge in [-0.05, 0) is 6.42 Å². The Labute approximate surface area is 66.4 Å². The number of nitrogens with one attached hydrogen (secondary N) is 1. The van der Waals surface area contributed by atoms with Crippen LogP contribution in [0.4, 0.5) is 0 Å². The van der Waals surface area contributed by atoms with Gasteiger partial charge in [-0.1, -0.05) is 13.5 Å². The van der Waals surface area contributed by atoms with E-state index in [2.05, 4.69) is 11.9 Å². The minimum atomic E-state index is -0.0528. The van der Waals surface area contributed by atoms with Crippen molar-refractivity contribution in [1.82, 2.24) is 5.32 Å². The fourth-order valence-corrected chi connectivity index (χ4v) is 0.678. The van der Waals surface area contributed by atoms with Crippen LogP contribution in [0.5, 0.6) is 0 Å². The van der Waals surface area contributed by atoms with E-state index in [0.29, 0.717) is 18.5 Å². The quantitative estimate of drug-likeness (QED) is 0.473. The minimum Gasteiger partial charge on any atom is -0.371 e. The number of epoxide rings is 1. The van der Waals surface area contributed by atoms with Crippen molar-refractivity contribution in [3.63, 3.8) is 0 Å². The monoisotopic (exact) mass is 155 g/mol. The lowest BCUT2D eigenvalue weighted by molar-refractivity contribution is -0.117. The first-order chi connectivity index (χ1) is 5.24. The molecule has 62 valence electrons. The van der Waals surface area contributed by atoms with Crippen molar-refractivity contribution < 1.29 is 9.53 Å². The lowest BCUT2D eigenvalue weighted by atomic mass is 10.2. The van der Waals surface area contributed by atoms with Crippen molar-refractivity contribution >= 4 is 5.91 Å². The number of hydrogen-bond acceptors (Lipinski definition) is 2. The third kappa shape index (κ3) is 2.72. The zero-order chi connectivity index (χ0) is 8.27. The highest BCUT2D eigenvalue weighted by Gasteiger charge is 2.22. The van der Waals surface area contributed by atoms with Gasteiger partial charge in [-0.25, -0.2) is 0 Å². The fraction of sp³-hybridized carbons (Fsp3) is 0.625. The second kappa shape index (κ2) is 3.53. The molecule has 1 rings (SSSR count). The highest BCUT2D eigenvalue weighted by Crippen LogP contribution is 2.06. The van der Waals surface area contributed by atoms with Gasteiger partial charge in [0.05, 0.1) is 12.7 Å². The second-order valence-electron chi connectivity index (χ2n) is 2.62. The molecule has 0 bridgehead atoms. The second-order valence-corrected chi connectivity index (χ2v) is 2.62. The SMILES string of the molecule is C=C(CC)C(=O)NCC1CO1. The van der Waals surface area contributed by atoms with E-state index >= 15 is 0 Å². The lowest BCUT2D eigenvalue weighted by Crippen LogP contribution is -2.28. The average molecular weight is 155 g/mol. The van der Waals surface area contributed by atoms with Gasteiger partial charge >= 0.3 is 0 Å². The Morgan fingerprint density at radius 3 is 2.91 bits per heavy atom. The van der Waals surface area contributed by atoms with Gasteiger partial charge in [0.15, 0.2) is 0 Å².